The van der Waals surface area contributed by atoms with Crippen molar-refractivity contribution in [3.8, 4) is 0 Å². The molecule has 0 N–H and O–H groups in total. The van der Waals surface area contributed by atoms with Crippen LogP contribution in [0.4, 0.5) is 10.8 Å². The molecule has 1 aliphatic rings. The maximum Gasteiger partial charge on any atom is 0.271 e. The van der Waals surface area contributed by atoms with Crippen molar-refractivity contribution >= 4 is 62.7 Å². The van der Waals surface area contributed by atoms with Crippen LogP contribution in [0.5, 0.6) is 0 Å². The van der Waals surface area contributed by atoms with Crippen molar-refractivity contribution in [2.75, 3.05) is 4.90 Å². The molecule has 0 aliphatic carbocycles. The first-order valence-corrected chi connectivity index (χ1v) is 9.81. The average Bonchev–Trinajstić information content (AvgIpc) is 3.27. The maximum atomic E-state index is 13.0. The van der Waals surface area contributed by atoms with Gasteiger partial charge in [0.25, 0.3) is 5.91 Å². The number of hydrogen-bond donors (Lipinski definition) is 0. The van der Waals surface area contributed by atoms with E-state index < -0.39 is 0 Å². The van der Waals surface area contributed by atoms with Crippen LogP contribution in [-0.4, -0.2) is 16.1 Å². The predicted molar refractivity (Wildman–Crippen MR) is 110 cm³/mol. The highest BCUT2D eigenvalue weighted by atomic mass is 35.5. The van der Waals surface area contributed by atoms with Crippen LogP contribution in [0.3, 0.4) is 0 Å². The number of nitrogens with zero attached hydrogens (tertiary/aromatic N) is 3. The van der Waals surface area contributed by atoms with Crippen LogP contribution in [0.25, 0.3) is 6.08 Å². The summed E-state index contributed by atoms with van der Waals surface area (Å²) in [6.07, 6.45) is 3.55. The SMILES string of the molecule is O=C1/C(=C/c2ccc(Cl)cc2)S/C(=N/c2nccs2)N1c1ccccc1. The minimum atomic E-state index is -0.105. The van der Waals surface area contributed by atoms with E-state index in [1.807, 2.05) is 53.9 Å². The number of carbonyl (C=O) groups is 1. The van der Waals surface area contributed by atoms with E-state index in [1.165, 1.54) is 23.1 Å². The lowest BCUT2D eigenvalue weighted by atomic mass is 10.2. The minimum absolute atomic E-state index is 0.105. The summed E-state index contributed by atoms with van der Waals surface area (Å²) in [6.45, 7) is 0. The molecule has 26 heavy (non-hydrogen) atoms. The van der Waals surface area contributed by atoms with Gasteiger partial charge in [-0.25, -0.2) is 4.98 Å². The number of amidine groups is 1. The summed E-state index contributed by atoms with van der Waals surface area (Å²) in [5, 5.41) is 3.73. The van der Waals surface area contributed by atoms with Crippen LogP contribution in [0.15, 0.2) is 76.1 Å². The molecule has 1 amide bonds. The van der Waals surface area contributed by atoms with Gasteiger partial charge in [0.2, 0.25) is 5.13 Å². The Hall–Kier alpha value is -2.41. The third-order valence-electron chi connectivity index (χ3n) is 3.60. The Labute approximate surface area is 163 Å². The molecule has 1 saturated heterocycles. The third kappa shape index (κ3) is 3.58. The smallest absolute Gasteiger partial charge is 0.268 e. The number of benzene rings is 2. The fraction of sp³-hybridized carbons (Fsp3) is 0. The number of para-hydroxylation sites is 1. The van der Waals surface area contributed by atoms with Crippen LogP contribution in [0.2, 0.25) is 5.02 Å². The van der Waals surface area contributed by atoms with Gasteiger partial charge >= 0.3 is 0 Å². The fourth-order valence-electron chi connectivity index (χ4n) is 2.42. The van der Waals surface area contributed by atoms with Crippen molar-refractivity contribution in [3.05, 3.63) is 81.7 Å². The van der Waals surface area contributed by atoms with Gasteiger partial charge < -0.3 is 0 Å². The zero-order chi connectivity index (χ0) is 17.9. The van der Waals surface area contributed by atoms with Gasteiger partial charge in [-0.3, -0.25) is 9.69 Å². The highest BCUT2D eigenvalue weighted by Crippen LogP contribution is 2.37. The van der Waals surface area contributed by atoms with Crippen molar-refractivity contribution < 1.29 is 4.79 Å². The lowest BCUT2D eigenvalue weighted by Crippen LogP contribution is -2.28. The van der Waals surface area contributed by atoms with Crippen LogP contribution in [-0.2, 0) is 4.79 Å². The van der Waals surface area contributed by atoms with E-state index in [9.17, 15) is 4.79 Å². The van der Waals surface area contributed by atoms with Crippen LogP contribution in [0, 0.1) is 0 Å². The van der Waals surface area contributed by atoms with Crippen molar-refractivity contribution in [1.29, 1.82) is 0 Å². The highest BCUT2D eigenvalue weighted by molar-refractivity contribution is 8.19. The van der Waals surface area contributed by atoms with E-state index in [2.05, 4.69) is 9.98 Å². The summed E-state index contributed by atoms with van der Waals surface area (Å²) in [5.74, 6) is -0.105. The molecule has 0 radical (unpaired) electrons. The molecule has 0 spiro atoms. The zero-order valence-corrected chi connectivity index (χ0v) is 15.8. The molecule has 4 rings (SSSR count). The lowest BCUT2D eigenvalue weighted by Gasteiger charge is -2.14. The summed E-state index contributed by atoms with van der Waals surface area (Å²) >= 11 is 8.71. The van der Waals surface area contributed by atoms with Crippen molar-refractivity contribution in [2.24, 2.45) is 4.99 Å². The predicted octanol–water partition coefficient (Wildman–Crippen LogP) is 5.61. The molecule has 1 aliphatic heterocycles. The monoisotopic (exact) mass is 397 g/mol. The molecular formula is C19H12ClN3OS2. The first-order valence-electron chi connectivity index (χ1n) is 7.73. The number of anilines is 1. The molecule has 128 valence electrons. The van der Waals surface area contributed by atoms with Crippen molar-refractivity contribution in [2.45, 2.75) is 0 Å². The van der Waals surface area contributed by atoms with Gasteiger partial charge in [-0.15, -0.1) is 11.3 Å². The molecule has 7 heteroatoms. The van der Waals surface area contributed by atoms with Gasteiger partial charge in [0.15, 0.2) is 5.17 Å². The molecule has 2 aromatic carbocycles. The number of halogens is 1. The Kier molecular flexibility index (Phi) is 4.88. The third-order valence-corrected chi connectivity index (χ3v) is 5.49. The summed E-state index contributed by atoms with van der Waals surface area (Å²) in [4.78, 5) is 24.0. The Bertz CT molecular complexity index is 983. The molecule has 2 heterocycles. The number of aromatic nitrogens is 1. The normalized spacial score (nSPS) is 17.4. The Morgan fingerprint density at radius 1 is 1.08 bits per heavy atom. The van der Waals surface area contributed by atoms with E-state index in [1.54, 1.807) is 23.2 Å². The van der Waals surface area contributed by atoms with E-state index in [0.717, 1.165) is 11.3 Å². The van der Waals surface area contributed by atoms with Crippen LogP contribution < -0.4 is 4.90 Å². The first kappa shape index (κ1) is 17.0. The molecule has 1 fully saturated rings. The zero-order valence-electron chi connectivity index (χ0n) is 13.4. The van der Waals surface area contributed by atoms with Gasteiger partial charge in [-0.05, 0) is 47.7 Å². The second-order valence-electron chi connectivity index (χ2n) is 5.35. The standard InChI is InChI=1S/C19H12ClN3OS2/c20-14-8-6-13(7-9-14)12-16-17(24)23(15-4-2-1-3-5-15)19(26-16)22-18-21-10-11-25-18/h1-12H/b16-12-,22-19+. The number of rotatable bonds is 3. The molecule has 3 aromatic rings. The number of amides is 1. The number of thiazole rings is 1. The van der Waals surface area contributed by atoms with Gasteiger partial charge in [-0.1, -0.05) is 41.9 Å². The first-order chi connectivity index (χ1) is 12.7. The number of carbonyl (C=O) groups excluding carboxylic acids is 1. The largest absolute Gasteiger partial charge is 0.271 e. The van der Waals surface area contributed by atoms with E-state index in [-0.39, 0.29) is 5.91 Å². The summed E-state index contributed by atoms with van der Waals surface area (Å²) in [6, 6.07) is 16.9. The second-order valence-corrected chi connectivity index (χ2v) is 7.67. The second kappa shape index (κ2) is 7.45. The highest BCUT2D eigenvalue weighted by Gasteiger charge is 2.34. The average molecular weight is 398 g/mol. The molecule has 0 bridgehead atoms. The molecule has 4 nitrogen and oxygen atoms in total. The molecule has 0 unspecified atom stereocenters. The molecule has 1 aromatic heterocycles. The Morgan fingerprint density at radius 2 is 1.85 bits per heavy atom. The Balaban J connectivity index is 1.75. The van der Waals surface area contributed by atoms with E-state index in [4.69, 9.17) is 11.6 Å². The van der Waals surface area contributed by atoms with E-state index >= 15 is 0 Å². The van der Waals surface area contributed by atoms with Gasteiger partial charge in [0.05, 0.1) is 10.6 Å². The molecular weight excluding hydrogens is 386 g/mol. The van der Waals surface area contributed by atoms with Crippen LogP contribution in [0.1, 0.15) is 5.56 Å². The molecule has 0 saturated carbocycles. The van der Waals surface area contributed by atoms with E-state index in [0.29, 0.717) is 20.2 Å². The van der Waals surface area contributed by atoms with Crippen molar-refractivity contribution in [3.63, 3.8) is 0 Å². The summed E-state index contributed by atoms with van der Waals surface area (Å²) in [5.41, 5.74) is 1.69. The van der Waals surface area contributed by atoms with Gasteiger partial charge in [0, 0.05) is 16.6 Å². The topological polar surface area (TPSA) is 45.6 Å². The Morgan fingerprint density at radius 3 is 2.54 bits per heavy atom. The maximum absolute atomic E-state index is 13.0. The minimum Gasteiger partial charge on any atom is -0.268 e. The van der Waals surface area contributed by atoms with Crippen molar-refractivity contribution in [1.82, 2.24) is 4.98 Å². The number of thioether (sulfide) groups is 1. The fourth-order valence-corrected chi connectivity index (χ4v) is 4.09. The lowest BCUT2D eigenvalue weighted by molar-refractivity contribution is -0.113. The summed E-state index contributed by atoms with van der Waals surface area (Å²) in [7, 11) is 0. The van der Waals surface area contributed by atoms with Gasteiger partial charge in [0.1, 0.15) is 0 Å². The molecule has 0 atom stereocenters. The van der Waals surface area contributed by atoms with Gasteiger partial charge in [-0.2, -0.15) is 4.99 Å². The van der Waals surface area contributed by atoms with Crippen LogP contribution >= 0.6 is 34.7 Å². The number of hydrogen-bond acceptors (Lipinski definition) is 5. The summed E-state index contributed by atoms with van der Waals surface area (Å²) < 4.78 is 0. The quantitative estimate of drug-likeness (QED) is 0.540. The number of aliphatic imine (C=N–C) groups is 1.